The Kier molecular flexibility index (Phi) is 61.8. The van der Waals surface area contributed by atoms with Gasteiger partial charge in [-0.1, -0.05) is 298 Å². The van der Waals surface area contributed by atoms with E-state index >= 15 is 0 Å². The monoisotopic (exact) mass is 1070 g/mol. The standard InChI is InChI=1S/C71H122O6/c1-4-7-10-13-16-19-22-25-28-30-31-32-33-34-35-36-37-38-39-41-43-46-49-52-55-58-61-64-70(73)76-67-68(66-75-69(72)63-60-57-54-51-48-45-42-27-24-21-18-15-12-9-6-3)77-71(74)65-62-59-56-53-50-47-44-40-29-26-23-20-17-14-11-8-5-2/h8-9,11-12,17-18,20-21,26-27,29,42,44,47-48,51,68H,4-7,10,13-16,19,22-25,28,30-41,43,45-46,49-50,52-67H2,1-3H3/b11-8-,12-9-,20-17-,21-18-,29-26-,42-27-,47-44-,51-48-. The van der Waals surface area contributed by atoms with Crippen LogP contribution in [0.3, 0.4) is 0 Å². The van der Waals surface area contributed by atoms with Crippen LogP contribution in [0.15, 0.2) is 97.2 Å². The maximum Gasteiger partial charge on any atom is 0.306 e. The summed E-state index contributed by atoms with van der Waals surface area (Å²) >= 11 is 0. The molecular weight excluding hydrogens is 949 g/mol. The predicted molar refractivity (Wildman–Crippen MR) is 334 cm³/mol. The molecule has 0 spiro atoms. The summed E-state index contributed by atoms with van der Waals surface area (Å²) in [4.78, 5) is 38.3. The number of ether oxygens (including phenoxy) is 3. The molecule has 77 heavy (non-hydrogen) atoms. The summed E-state index contributed by atoms with van der Waals surface area (Å²) in [5, 5.41) is 0. The lowest BCUT2D eigenvalue weighted by Gasteiger charge is -2.18. The number of esters is 3. The molecule has 0 aliphatic heterocycles. The molecular formula is C71H122O6. The molecule has 6 heteroatoms. The smallest absolute Gasteiger partial charge is 0.306 e. The van der Waals surface area contributed by atoms with E-state index in [0.717, 1.165) is 122 Å². The van der Waals surface area contributed by atoms with Crippen molar-refractivity contribution in [2.45, 2.75) is 322 Å². The summed E-state index contributed by atoms with van der Waals surface area (Å²) in [7, 11) is 0. The highest BCUT2D eigenvalue weighted by Crippen LogP contribution is 2.17. The minimum absolute atomic E-state index is 0.0991. The lowest BCUT2D eigenvalue weighted by molar-refractivity contribution is -0.167. The fraction of sp³-hybridized carbons (Fsp3) is 0.732. The Morgan fingerprint density at radius 3 is 0.818 bits per heavy atom. The van der Waals surface area contributed by atoms with Gasteiger partial charge in [0.05, 0.1) is 0 Å². The number of allylic oxidation sites excluding steroid dienone is 16. The van der Waals surface area contributed by atoms with E-state index in [1.54, 1.807) is 0 Å². The second kappa shape index (κ2) is 64.9. The summed E-state index contributed by atoms with van der Waals surface area (Å²) in [5.74, 6) is -0.956. The highest BCUT2D eigenvalue weighted by Gasteiger charge is 2.19. The zero-order valence-corrected chi connectivity index (χ0v) is 50.7. The number of rotatable bonds is 59. The van der Waals surface area contributed by atoms with Crippen LogP contribution in [-0.2, 0) is 28.6 Å². The molecule has 0 aliphatic rings. The minimum atomic E-state index is -0.809. The van der Waals surface area contributed by atoms with Crippen LogP contribution in [0.5, 0.6) is 0 Å². The van der Waals surface area contributed by atoms with Crippen molar-refractivity contribution in [3.63, 3.8) is 0 Å². The van der Waals surface area contributed by atoms with Crippen molar-refractivity contribution >= 4 is 17.9 Å². The van der Waals surface area contributed by atoms with Crippen molar-refractivity contribution < 1.29 is 28.6 Å². The van der Waals surface area contributed by atoms with Gasteiger partial charge in [-0.15, -0.1) is 0 Å². The van der Waals surface area contributed by atoms with Gasteiger partial charge in [0.15, 0.2) is 6.10 Å². The molecule has 0 radical (unpaired) electrons. The number of unbranched alkanes of at least 4 members (excludes halogenated alkanes) is 32. The molecule has 1 atom stereocenters. The van der Waals surface area contributed by atoms with Crippen LogP contribution in [-0.4, -0.2) is 37.2 Å². The Morgan fingerprint density at radius 2 is 0.506 bits per heavy atom. The Bertz CT molecular complexity index is 1510. The molecule has 0 aliphatic carbocycles. The van der Waals surface area contributed by atoms with E-state index < -0.39 is 6.10 Å². The van der Waals surface area contributed by atoms with Crippen LogP contribution >= 0.6 is 0 Å². The van der Waals surface area contributed by atoms with E-state index in [1.807, 2.05) is 0 Å². The van der Waals surface area contributed by atoms with Gasteiger partial charge in [0.1, 0.15) is 13.2 Å². The third-order valence-electron chi connectivity index (χ3n) is 14.1. The van der Waals surface area contributed by atoms with E-state index in [9.17, 15) is 14.4 Å². The van der Waals surface area contributed by atoms with Crippen LogP contribution in [0.1, 0.15) is 316 Å². The molecule has 0 aromatic carbocycles. The van der Waals surface area contributed by atoms with Gasteiger partial charge < -0.3 is 14.2 Å². The molecule has 0 saturated carbocycles. The zero-order chi connectivity index (χ0) is 55.7. The summed E-state index contributed by atoms with van der Waals surface area (Å²) in [6.07, 6.45) is 87.2. The third kappa shape index (κ3) is 63.0. The summed E-state index contributed by atoms with van der Waals surface area (Å²) in [6.45, 7) is 6.39. The average Bonchev–Trinajstić information content (AvgIpc) is 3.43. The van der Waals surface area contributed by atoms with E-state index in [-0.39, 0.29) is 31.1 Å². The highest BCUT2D eigenvalue weighted by atomic mass is 16.6. The van der Waals surface area contributed by atoms with Crippen molar-refractivity contribution in [2.75, 3.05) is 13.2 Å². The summed E-state index contributed by atoms with van der Waals surface area (Å²) in [5.41, 5.74) is 0. The van der Waals surface area contributed by atoms with Crippen LogP contribution in [0.25, 0.3) is 0 Å². The first-order valence-corrected chi connectivity index (χ1v) is 32.7. The lowest BCUT2D eigenvalue weighted by atomic mass is 10.0. The normalized spacial score (nSPS) is 12.7. The predicted octanol–water partition coefficient (Wildman–Crippen LogP) is 22.4. The number of hydrogen-bond acceptors (Lipinski definition) is 6. The van der Waals surface area contributed by atoms with E-state index in [0.29, 0.717) is 19.3 Å². The van der Waals surface area contributed by atoms with E-state index in [2.05, 4.69) is 118 Å². The maximum atomic E-state index is 12.9. The number of carbonyl (C=O) groups excluding carboxylic acids is 3. The topological polar surface area (TPSA) is 78.9 Å². The van der Waals surface area contributed by atoms with Crippen molar-refractivity contribution in [2.24, 2.45) is 0 Å². The maximum absolute atomic E-state index is 12.9. The van der Waals surface area contributed by atoms with Gasteiger partial charge in [0.2, 0.25) is 0 Å². The minimum Gasteiger partial charge on any atom is -0.462 e. The van der Waals surface area contributed by atoms with Crippen molar-refractivity contribution in [3.05, 3.63) is 97.2 Å². The first kappa shape index (κ1) is 73.3. The van der Waals surface area contributed by atoms with Crippen molar-refractivity contribution in [1.82, 2.24) is 0 Å². The quantitative estimate of drug-likeness (QED) is 0.0261. The molecule has 0 bridgehead atoms. The molecule has 0 amide bonds. The molecule has 6 nitrogen and oxygen atoms in total. The largest absolute Gasteiger partial charge is 0.462 e. The Hall–Kier alpha value is -3.67. The molecule has 0 N–H and O–H groups in total. The first-order valence-electron chi connectivity index (χ1n) is 32.7. The molecule has 1 unspecified atom stereocenters. The summed E-state index contributed by atoms with van der Waals surface area (Å²) < 4.78 is 16.9. The van der Waals surface area contributed by atoms with E-state index in [1.165, 1.54) is 154 Å². The number of hydrogen-bond donors (Lipinski definition) is 0. The zero-order valence-electron chi connectivity index (χ0n) is 50.7. The van der Waals surface area contributed by atoms with Crippen LogP contribution in [0.4, 0.5) is 0 Å². The van der Waals surface area contributed by atoms with Crippen LogP contribution in [0.2, 0.25) is 0 Å². The van der Waals surface area contributed by atoms with Gasteiger partial charge in [-0.25, -0.2) is 0 Å². The fourth-order valence-electron chi connectivity index (χ4n) is 9.25. The molecule has 0 saturated heterocycles. The molecule has 0 aromatic rings. The Balaban J connectivity index is 4.31. The molecule has 0 aromatic heterocycles. The molecule has 0 heterocycles. The SMILES string of the molecule is CC/C=C\C/C=C\C/C=C\C/C=C\CCCCCCC(=O)OC(COC(=O)CCCC/C=C\C/C=C\C/C=C\C/C=C\CC)COC(=O)CCCCCCCCCCCCCCCCCCCCCCCCCCCCC. The third-order valence-corrected chi connectivity index (χ3v) is 14.1. The van der Waals surface area contributed by atoms with Gasteiger partial charge in [0, 0.05) is 19.3 Å². The second-order valence-corrected chi connectivity index (χ2v) is 21.6. The number of carbonyl (C=O) groups is 3. The first-order chi connectivity index (χ1) is 38.0. The Morgan fingerprint density at radius 1 is 0.273 bits per heavy atom. The van der Waals surface area contributed by atoms with Gasteiger partial charge >= 0.3 is 17.9 Å². The van der Waals surface area contributed by atoms with Crippen LogP contribution in [0, 0.1) is 0 Å². The van der Waals surface area contributed by atoms with Gasteiger partial charge in [-0.05, 0) is 96.3 Å². The average molecular weight is 1070 g/mol. The Labute approximate surface area is 477 Å². The fourth-order valence-corrected chi connectivity index (χ4v) is 9.25. The lowest BCUT2D eigenvalue weighted by Crippen LogP contribution is -2.30. The van der Waals surface area contributed by atoms with Crippen LogP contribution < -0.4 is 0 Å². The van der Waals surface area contributed by atoms with Crippen molar-refractivity contribution in [1.29, 1.82) is 0 Å². The van der Waals surface area contributed by atoms with E-state index in [4.69, 9.17) is 14.2 Å². The summed E-state index contributed by atoms with van der Waals surface area (Å²) in [6, 6.07) is 0. The second-order valence-electron chi connectivity index (χ2n) is 21.6. The van der Waals surface area contributed by atoms with Gasteiger partial charge in [0.25, 0.3) is 0 Å². The van der Waals surface area contributed by atoms with Gasteiger partial charge in [-0.3, -0.25) is 14.4 Å². The molecule has 0 rings (SSSR count). The molecule has 442 valence electrons. The molecule has 0 fully saturated rings. The van der Waals surface area contributed by atoms with Crippen molar-refractivity contribution in [3.8, 4) is 0 Å². The highest BCUT2D eigenvalue weighted by molar-refractivity contribution is 5.71. The van der Waals surface area contributed by atoms with Gasteiger partial charge in [-0.2, -0.15) is 0 Å².